The zero-order valence-corrected chi connectivity index (χ0v) is 26.3. The number of hydrogen-bond donors (Lipinski definition) is 0. The SMILES string of the molecule is COc1cc(-c2c(C)c3cc(OCc4ccccc4)ccc3n2Cc2ccc(OCCN3CCCCC3)cc2)ccc1C(F)(F)F. The third-order valence-corrected chi connectivity index (χ3v) is 8.71. The van der Waals surface area contributed by atoms with Crippen molar-refractivity contribution in [2.45, 2.75) is 45.5 Å². The monoisotopic (exact) mass is 628 g/mol. The first-order valence-electron chi connectivity index (χ1n) is 15.8. The van der Waals surface area contributed by atoms with Crippen molar-refractivity contribution in [3.63, 3.8) is 0 Å². The van der Waals surface area contributed by atoms with Crippen LogP contribution in [-0.4, -0.2) is 42.8 Å². The van der Waals surface area contributed by atoms with Gasteiger partial charge in [-0.2, -0.15) is 13.2 Å². The van der Waals surface area contributed by atoms with Crippen molar-refractivity contribution in [2.24, 2.45) is 0 Å². The zero-order valence-electron chi connectivity index (χ0n) is 26.3. The minimum absolute atomic E-state index is 0.209. The van der Waals surface area contributed by atoms with E-state index in [1.54, 1.807) is 0 Å². The lowest BCUT2D eigenvalue weighted by Crippen LogP contribution is -2.33. The number of rotatable bonds is 11. The summed E-state index contributed by atoms with van der Waals surface area (Å²) < 4.78 is 60.7. The molecular weight excluding hydrogens is 589 g/mol. The number of nitrogens with zero attached hydrogens (tertiary/aromatic N) is 2. The van der Waals surface area contributed by atoms with Gasteiger partial charge in [-0.25, -0.2) is 0 Å². The summed E-state index contributed by atoms with van der Waals surface area (Å²) in [5.41, 5.74) is 4.68. The van der Waals surface area contributed by atoms with Crippen molar-refractivity contribution < 1.29 is 27.4 Å². The van der Waals surface area contributed by atoms with Crippen LogP contribution in [0, 0.1) is 6.92 Å². The Morgan fingerprint density at radius 3 is 2.22 bits per heavy atom. The summed E-state index contributed by atoms with van der Waals surface area (Å²) in [7, 11) is 1.27. The van der Waals surface area contributed by atoms with E-state index in [0.29, 0.717) is 25.3 Å². The summed E-state index contributed by atoms with van der Waals surface area (Å²) in [4.78, 5) is 2.45. The fourth-order valence-corrected chi connectivity index (χ4v) is 6.29. The molecule has 46 heavy (non-hydrogen) atoms. The van der Waals surface area contributed by atoms with Gasteiger partial charge in [0.25, 0.3) is 0 Å². The first-order chi connectivity index (χ1) is 22.3. The summed E-state index contributed by atoms with van der Waals surface area (Å²) in [6.45, 7) is 6.80. The molecule has 0 atom stereocenters. The van der Waals surface area contributed by atoms with Gasteiger partial charge in [0, 0.05) is 29.6 Å². The molecule has 0 saturated carbocycles. The van der Waals surface area contributed by atoms with E-state index >= 15 is 0 Å². The van der Waals surface area contributed by atoms with Crippen LogP contribution in [-0.2, 0) is 19.3 Å². The van der Waals surface area contributed by atoms with E-state index in [9.17, 15) is 13.2 Å². The van der Waals surface area contributed by atoms with Gasteiger partial charge in [0.1, 0.15) is 30.5 Å². The molecule has 2 heterocycles. The van der Waals surface area contributed by atoms with E-state index < -0.39 is 11.7 Å². The van der Waals surface area contributed by atoms with Gasteiger partial charge >= 0.3 is 6.18 Å². The first kappa shape index (κ1) is 31.5. The maximum Gasteiger partial charge on any atom is 0.419 e. The van der Waals surface area contributed by atoms with Crippen LogP contribution < -0.4 is 14.2 Å². The van der Waals surface area contributed by atoms with Crippen LogP contribution in [0.4, 0.5) is 13.2 Å². The molecule has 5 nitrogen and oxygen atoms in total. The van der Waals surface area contributed by atoms with Crippen LogP contribution in [0.25, 0.3) is 22.2 Å². The molecule has 4 aromatic carbocycles. The van der Waals surface area contributed by atoms with E-state index in [2.05, 4.69) is 9.47 Å². The Kier molecular flexibility index (Phi) is 9.54. The second-order valence-electron chi connectivity index (χ2n) is 11.8. The normalized spacial score (nSPS) is 14.0. The summed E-state index contributed by atoms with van der Waals surface area (Å²) in [6.07, 6.45) is -0.697. The number of aromatic nitrogens is 1. The number of aryl methyl sites for hydroxylation is 1. The average Bonchev–Trinajstić information content (AvgIpc) is 3.34. The highest BCUT2D eigenvalue weighted by Gasteiger charge is 2.34. The van der Waals surface area contributed by atoms with E-state index in [4.69, 9.17) is 14.2 Å². The minimum atomic E-state index is -4.52. The number of alkyl halides is 3. The molecule has 0 N–H and O–H groups in total. The van der Waals surface area contributed by atoms with Gasteiger partial charge in [0.15, 0.2) is 0 Å². The number of likely N-dealkylation sites (tertiary alicyclic amines) is 1. The van der Waals surface area contributed by atoms with E-state index in [0.717, 1.165) is 70.5 Å². The molecular formula is C38H39F3N2O3. The van der Waals surface area contributed by atoms with Crippen LogP contribution >= 0.6 is 0 Å². The fourth-order valence-electron chi connectivity index (χ4n) is 6.29. The number of halogens is 3. The average molecular weight is 629 g/mol. The van der Waals surface area contributed by atoms with Crippen molar-refractivity contribution >= 4 is 10.9 Å². The second-order valence-corrected chi connectivity index (χ2v) is 11.8. The largest absolute Gasteiger partial charge is 0.496 e. The molecule has 0 radical (unpaired) electrons. The Labute approximate surface area is 268 Å². The molecule has 0 bridgehead atoms. The molecule has 1 aliphatic rings. The predicted molar refractivity (Wildman–Crippen MR) is 176 cm³/mol. The molecule has 1 fully saturated rings. The highest BCUT2D eigenvalue weighted by Crippen LogP contribution is 2.41. The van der Waals surface area contributed by atoms with Crippen molar-refractivity contribution in [1.82, 2.24) is 9.47 Å². The Balaban J connectivity index is 1.30. The Bertz CT molecular complexity index is 1760. The lowest BCUT2D eigenvalue weighted by Gasteiger charge is -2.26. The van der Waals surface area contributed by atoms with Crippen LogP contribution in [0.3, 0.4) is 0 Å². The third-order valence-electron chi connectivity index (χ3n) is 8.71. The maximum absolute atomic E-state index is 13.7. The predicted octanol–water partition coefficient (Wildman–Crippen LogP) is 9.14. The summed E-state index contributed by atoms with van der Waals surface area (Å²) in [5, 5.41) is 0.970. The van der Waals surface area contributed by atoms with Gasteiger partial charge in [-0.3, -0.25) is 4.90 Å². The standard InChI is InChI=1S/C38H39F3N2O3/c1-27-33-24-32(46-26-29-9-5-3-6-10-29)16-18-35(33)43(37(27)30-13-17-34(38(39,40)41)36(23-30)44-2)25-28-11-14-31(15-12-28)45-22-21-42-19-7-4-8-20-42/h3,5-6,9-18,23-24H,4,7-8,19-22,25-26H2,1-2H3. The van der Waals surface area contributed by atoms with Gasteiger partial charge in [0.05, 0.1) is 18.4 Å². The lowest BCUT2D eigenvalue weighted by molar-refractivity contribution is -0.138. The molecule has 240 valence electrons. The molecule has 0 amide bonds. The molecule has 1 aliphatic heterocycles. The van der Waals surface area contributed by atoms with Crippen molar-refractivity contribution in [3.05, 3.63) is 113 Å². The van der Waals surface area contributed by atoms with Crippen LogP contribution in [0.2, 0.25) is 0 Å². The molecule has 6 rings (SSSR count). The highest BCUT2D eigenvalue weighted by molar-refractivity contribution is 5.93. The highest BCUT2D eigenvalue weighted by atomic mass is 19.4. The third kappa shape index (κ3) is 7.18. The summed E-state index contributed by atoms with van der Waals surface area (Å²) >= 11 is 0. The second kappa shape index (κ2) is 13.9. The number of ether oxygens (including phenoxy) is 3. The molecule has 0 unspecified atom stereocenters. The minimum Gasteiger partial charge on any atom is -0.496 e. The quantitative estimate of drug-likeness (QED) is 0.146. The van der Waals surface area contributed by atoms with Crippen molar-refractivity contribution in [1.29, 1.82) is 0 Å². The van der Waals surface area contributed by atoms with E-state index in [-0.39, 0.29) is 5.75 Å². The van der Waals surface area contributed by atoms with Gasteiger partial charge < -0.3 is 18.8 Å². The number of methoxy groups -OCH3 is 1. The van der Waals surface area contributed by atoms with Gasteiger partial charge in [-0.15, -0.1) is 0 Å². The van der Waals surface area contributed by atoms with Crippen LogP contribution in [0.15, 0.2) is 91.0 Å². The topological polar surface area (TPSA) is 35.9 Å². The molecule has 5 aromatic rings. The molecule has 8 heteroatoms. The lowest BCUT2D eigenvalue weighted by atomic mass is 10.0. The van der Waals surface area contributed by atoms with Gasteiger partial charge in [-0.05, 0) is 92.0 Å². The van der Waals surface area contributed by atoms with E-state index in [1.807, 2.05) is 79.7 Å². The summed E-state index contributed by atoms with van der Waals surface area (Å²) in [6, 6.07) is 28.1. The fraction of sp³-hybridized carbons (Fsp3) is 0.316. The smallest absolute Gasteiger partial charge is 0.419 e. The van der Waals surface area contributed by atoms with Crippen molar-refractivity contribution in [3.8, 4) is 28.5 Å². The van der Waals surface area contributed by atoms with Crippen molar-refractivity contribution in [2.75, 3.05) is 33.4 Å². The Hall–Kier alpha value is -4.43. The van der Waals surface area contributed by atoms with E-state index in [1.165, 1.54) is 38.5 Å². The molecule has 1 aromatic heterocycles. The Morgan fingerprint density at radius 2 is 1.50 bits per heavy atom. The Morgan fingerprint density at radius 1 is 0.761 bits per heavy atom. The molecule has 0 aliphatic carbocycles. The van der Waals surface area contributed by atoms with Crippen LogP contribution in [0.5, 0.6) is 17.2 Å². The molecule has 1 saturated heterocycles. The summed E-state index contributed by atoms with van der Waals surface area (Å²) in [5.74, 6) is 1.33. The zero-order chi connectivity index (χ0) is 32.1. The molecule has 0 spiro atoms. The van der Waals surface area contributed by atoms with Gasteiger partial charge in [0.2, 0.25) is 0 Å². The first-order valence-corrected chi connectivity index (χ1v) is 15.8. The van der Waals surface area contributed by atoms with Gasteiger partial charge in [-0.1, -0.05) is 55.0 Å². The number of piperidine rings is 1. The van der Waals surface area contributed by atoms with Crippen LogP contribution in [0.1, 0.15) is 41.5 Å². The number of fused-ring (bicyclic) bond motifs is 1. The number of benzene rings is 4. The maximum atomic E-state index is 13.7. The number of hydrogen-bond acceptors (Lipinski definition) is 4.